The Morgan fingerprint density at radius 2 is 2.00 bits per heavy atom. The molecule has 1 aromatic carbocycles. The summed E-state index contributed by atoms with van der Waals surface area (Å²) in [6, 6.07) is 9.34. The quantitative estimate of drug-likeness (QED) is 0.637. The first-order chi connectivity index (χ1) is 9.86. The molecule has 0 aliphatic rings. The number of benzene rings is 1. The third-order valence-electron chi connectivity index (χ3n) is 3.05. The Morgan fingerprint density at radius 3 is 2.62 bits per heavy atom. The smallest absolute Gasteiger partial charge is 0.220 e. The molecule has 0 spiro atoms. The van der Waals surface area contributed by atoms with Crippen molar-refractivity contribution < 1.29 is 4.74 Å². The lowest BCUT2D eigenvalue weighted by Crippen LogP contribution is -2.11. The molecular weight excluding hydrogens is 330 g/mol. The number of pyridine rings is 1. The number of rotatable bonds is 4. The van der Waals surface area contributed by atoms with Gasteiger partial charge in [0.1, 0.15) is 11.6 Å². The van der Waals surface area contributed by atoms with Gasteiger partial charge >= 0.3 is 0 Å². The minimum atomic E-state index is 0.00485. The molecule has 4 nitrogen and oxygen atoms in total. The molecule has 0 atom stereocenters. The van der Waals surface area contributed by atoms with Crippen LogP contribution in [0.2, 0.25) is 0 Å². The molecule has 1 aromatic heterocycles. The highest BCUT2D eigenvalue weighted by Crippen LogP contribution is 2.32. The maximum atomic E-state index is 7.54. The zero-order chi connectivity index (χ0) is 15.6. The van der Waals surface area contributed by atoms with Crippen LogP contribution in [0.25, 0.3) is 0 Å². The Kier molecular flexibility index (Phi) is 4.63. The molecule has 0 radical (unpaired) electrons. The van der Waals surface area contributed by atoms with Crippen molar-refractivity contribution in [2.24, 2.45) is 5.73 Å². The Hall–Kier alpha value is -1.88. The van der Waals surface area contributed by atoms with Crippen LogP contribution in [0.4, 0.5) is 0 Å². The fourth-order valence-corrected chi connectivity index (χ4v) is 2.40. The Morgan fingerprint density at radius 1 is 1.29 bits per heavy atom. The molecule has 0 aliphatic heterocycles. The van der Waals surface area contributed by atoms with Gasteiger partial charge in [0, 0.05) is 21.8 Å². The predicted molar refractivity (Wildman–Crippen MR) is 88.3 cm³/mol. The number of nitrogen functional groups attached to an aromatic ring is 1. The van der Waals surface area contributed by atoms with Crippen LogP contribution in [0.1, 0.15) is 36.6 Å². The molecule has 0 amide bonds. The van der Waals surface area contributed by atoms with Gasteiger partial charge in [-0.1, -0.05) is 29.8 Å². The van der Waals surface area contributed by atoms with Crippen LogP contribution in [-0.4, -0.2) is 10.8 Å². The van der Waals surface area contributed by atoms with Gasteiger partial charge < -0.3 is 10.5 Å². The van der Waals surface area contributed by atoms with Gasteiger partial charge in [-0.2, -0.15) is 0 Å². The number of hydrogen-bond acceptors (Lipinski definition) is 3. The number of hydrogen-bond donors (Lipinski definition) is 2. The molecule has 5 heteroatoms. The second-order valence-corrected chi connectivity index (χ2v) is 6.10. The van der Waals surface area contributed by atoms with Gasteiger partial charge in [-0.25, -0.2) is 4.98 Å². The summed E-state index contributed by atoms with van der Waals surface area (Å²) in [5, 5.41) is 7.54. The van der Waals surface area contributed by atoms with E-state index in [0.717, 1.165) is 21.5 Å². The number of amidine groups is 1. The molecular formula is C16H18BrN3O. The molecule has 0 fully saturated rings. The number of aryl methyl sites for hydroxylation is 1. The number of nitrogens with one attached hydrogen (secondary N) is 1. The topological polar surface area (TPSA) is 72.0 Å². The van der Waals surface area contributed by atoms with Crippen LogP contribution >= 0.6 is 15.9 Å². The number of halogens is 1. The monoisotopic (exact) mass is 347 g/mol. The summed E-state index contributed by atoms with van der Waals surface area (Å²) in [5.41, 5.74) is 8.01. The van der Waals surface area contributed by atoms with Crippen LogP contribution in [0.15, 0.2) is 34.8 Å². The molecule has 0 saturated heterocycles. The van der Waals surface area contributed by atoms with Crippen molar-refractivity contribution in [3.63, 3.8) is 0 Å². The van der Waals surface area contributed by atoms with E-state index in [0.29, 0.717) is 17.4 Å². The lowest BCUT2D eigenvalue weighted by Gasteiger charge is -2.14. The van der Waals surface area contributed by atoms with E-state index in [1.807, 2.05) is 25.1 Å². The van der Waals surface area contributed by atoms with E-state index in [4.69, 9.17) is 15.9 Å². The average molecular weight is 348 g/mol. The van der Waals surface area contributed by atoms with Crippen molar-refractivity contribution in [1.82, 2.24) is 4.98 Å². The van der Waals surface area contributed by atoms with Gasteiger partial charge in [0.15, 0.2) is 0 Å². The number of ether oxygens (including phenoxy) is 1. The maximum absolute atomic E-state index is 7.54. The Bertz CT molecular complexity index is 683. The second-order valence-electron chi connectivity index (χ2n) is 5.19. The van der Waals surface area contributed by atoms with E-state index in [2.05, 4.69) is 34.8 Å². The van der Waals surface area contributed by atoms with Gasteiger partial charge in [0.25, 0.3) is 0 Å². The Balaban J connectivity index is 2.40. The maximum Gasteiger partial charge on any atom is 0.220 e. The summed E-state index contributed by atoms with van der Waals surface area (Å²) >= 11 is 3.48. The molecule has 3 N–H and O–H groups in total. The fourth-order valence-electron chi connectivity index (χ4n) is 2.02. The number of nitrogens with two attached hydrogens (primary N) is 1. The summed E-state index contributed by atoms with van der Waals surface area (Å²) in [5.74, 6) is 1.55. The van der Waals surface area contributed by atoms with Crippen LogP contribution in [0.3, 0.4) is 0 Å². The van der Waals surface area contributed by atoms with E-state index in [-0.39, 0.29) is 5.84 Å². The molecule has 0 aliphatic carbocycles. The zero-order valence-electron chi connectivity index (χ0n) is 12.3. The minimum Gasteiger partial charge on any atom is -0.439 e. The molecule has 1 heterocycles. The highest BCUT2D eigenvalue weighted by atomic mass is 79.9. The molecule has 0 unspecified atom stereocenters. The van der Waals surface area contributed by atoms with Crippen molar-refractivity contribution in [3.8, 4) is 11.6 Å². The molecule has 0 saturated carbocycles. The van der Waals surface area contributed by atoms with Crippen molar-refractivity contribution in [2.45, 2.75) is 26.7 Å². The summed E-state index contributed by atoms with van der Waals surface area (Å²) < 4.78 is 6.93. The summed E-state index contributed by atoms with van der Waals surface area (Å²) in [4.78, 5) is 4.35. The van der Waals surface area contributed by atoms with Crippen molar-refractivity contribution in [1.29, 1.82) is 5.41 Å². The largest absolute Gasteiger partial charge is 0.439 e. The number of aromatic nitrogens is 1. The summed E-state index contributed by atoms with van der Waals surface area (Å²) in [6.07, 6.45) is 0. The highest BCUT2D eigenvalue weighted by molar-refractivity contribution is 9.10. The van der Waals surface area contributed by atoms with Crippen molar-refractivity contribution >= 4 is 21.8 Å². The van der Waals surface area contributed by atoms with E-state index in [1.54, 1.807) is 12.1 Å². The fraction of sp³-hybridized carbons (Fsp3) is 0.250. The van der Waals surface area contributed by atoms with Crippen LogP contribution in [0, 0.1) is 12.3 Å². The Labute approximate surface area is 133 Å². The number of nitrogens with zero attached hydrogens (tertiary/aromatic N) is 1. The normalized spacial score (nSPS) is 10.7. The molecule has 2 aromatic rings. The van der Waals surface area contributed by atoms with Crippen LogP contribution < -0.4 is 10.5 Å². The van der Waals surface area contributed by atoms with Gasteiger partial charge in [-0.05, 0) is 42.7 Å². The highest BCUT2D eigenvalue weighted by Gasteiger charge is 2.11. The second kappa shape index (κ2) is 6.26. The third-order valence-corrected chi connectivity index (χ3v) is 3.54. The average Bonchev–Trinajstić information content (AvgIpc) is 2.40. The van der Waals surface area contributed by atoms with Crippen LogP contribution in [0.5, 0.6) is 11.6 Å². The molecule has 21 heavy (non-hydrogen) atoms. The summed E-state index contributed by atoms with van der Waals surface area (Å²) in [7, 11) is 0. The van der Waals surface area contributed by atoms with Gasteiger partial charge in [-0.15, -0.1) is 0 Å². The van der Waals surface area contributed by atoms with Crippen molar-refractivity contribution in [3.05, 3.63) is 51.6 Å². The van der Waals surface area contributed by atoms with Crippen molar-refractivity contribution in [2.75, 3.05) is 0 Å². The predicted octanol–water partition coefficient (Wildman–Crippen LogP) is 4.35. The van der Waals surface area contributed by atoms with E-state index >= 15 is 0 Å². The minimum absolute atomic E-state index is 0.00485. The van der Waals surface area contributed by atoms with Crippen LogP contribution in [-0.2, 0) is 0 Å². The van der Waals surface area contributed by atoms with Gasteiger partial charge in [0.2, 0.25) is 5.88 Å². The molecule has 2 rings (SSSR count). The third kappa shape index (κ3) is 3.82. The SMILES string of the molecule is Cc1cc(C(=N)N)cc(Oc2ccc(Br)cc2C(C)C)n1. The lowest BCUT2D eigenvalue weighted by atomic mass is 10.0. The summed E-state index contributed by atoms with van der Waals surface area (Å²) in [6.45, 7) is 6.07. The van der Waals surface area contributed by atoms with Gasteiger partial charge in [-0.3, -0.25) is 5.41 Å². The first-order valence-corrected chi connectivity index (χ1v) is 7.46. The van der Waals surface area contributed by atoms with E-state index in [1.165, 1.54) is 0 Å². The molecule has 0 bridgehead atoms. The zero-order valence-corrected chi connectivity index (χ0v) is 13.9. The first kappa shape index (κ1) is 15.5. The first-order valence-electron chi connectivity index (χ1n) is 6.67. The standard InChI is InChI=1S/C16H18BrN3O/c1-9(2)13-8-12(17)4-5-14(13)21-15-7-11(16(18)19)6-10(3)20-15/h4-9H,1-3H3,(H3,18,19). The van der Waals surface area contributed by atoms with Gasteiger partial charge in [0.05, 0.1) is 0 Å². The molecule has 110 valence electrons. The van der Waals surface area contributed by atoms with E-state index < -0.39 is 0 Å². The lowest BCUT2D eigenvalue weighted by molar-refractivity contribution is 0.453. The van der Waals surface area contributed by atoms with E-state index in [9.17, 15) is 0 Å².